The topological polar surface area (TPSA) is 29.9 Å². The molecule has 2 unspecified atom stereocenters. The second kappa shape index (κ2) is 6.01. The lowest BCUT2D eigenvalue weighted by atomic mass is 10.2. The maximum atomic E-state index is 13.8. The molecule has 1 aromatic heterocycles. The van der Waals surface area contributed by atoms with Crippen molar-refractivity contribution in [3.8, 4) is 5.75 Å². The van der Waals surface area contributed by atoms with Crippen molar-refractivity contribution in [1.29, 1.82) is 0 Å². The van der Waals surface area contributed by atoms with E-state index in [2.05, 4.69) is 16.5 Å². The number of hydrogen-bond acceptors (Lipinski definition) is 3. The zero-order valence-corrected chi connectivity index (χ0v) is 13.8. The van der Waals surface area contributed by atoms with Gasteiger partial charge in [0.15, 0.2) is 16.3 Å². The summed E-state index contributed by atoms with van der Waals surface area (Å²) in [5.74, 6) is 1.05. The molecule has 0 saturated heterocycles. The Balaban J connectivity index is 2.02. The second-order valence-electron chi connectivity index (χ2n) is 5.35. The second-order valence-corrected chi connectivity index (χ2v) is 7.31. The Morgan fingerprint density at radius 3 is 3.00 bits per heavy atom. The number of nitrogens with zero attached hydrogens (tertiary/aromatic N) is 1. The molecule has 21 heavy (non-hydrogen) atoms. The molecular weight excluding hydrogens is 307 g/mol. The monoisotopic (exact) mass is 326 g/mol. The van der Waals surface area contributed by atoms with Crippen molar-refractivity contribution in [3.63, 3.8) is 0 Å². The Morgan fingerprint density at radius 1 is 1.48 bits per heavy atom. The van der Waals surface area contributed by atoms with Gasteiger partial charge in [-0.05, 0) is 37.2 Å². The van der Waals surface area contributed by atoms with Gasteiger partial charge in [-0.25, -0.2) is 4.39 Å². The van der Waals surface area contributed by atoms with E-state index >= 15 is 0 Å². The molecule has 3 nitrogen and oxygen atoms in total. The van der Waals surface area contributed by atoms with Crippen LogP contribution >= 0.6 is 24.0 Å². The minimum atomic E-state index is -0.362. The van der Waals surface area contributed by atoms with E-state index in [0.717, 1.165) is 29.6 Å². The number of aromatic nitrogens is 2. The van der Waals surface area contributed by atoms with Crippen LogP contribution in [-0.2, 0) is 0 Å². The van der Waals surface area contributed by atoms with Gasteiger partial charge in [-0.3, -0.25) is 0 Å². The average molecular weight is 326 g/mol. The fourth-order valence-corrected chi connectivity index (χ4v) is 4.67. The molecule has 3 rings (SSSR count). The van der Waals surface area contributed by atoms with Gasteiger partial charge < -0.3 is 14.3 Å². The summed E-state index contributed by atoms with van der Waals surface area (Å²) in [6.07, 6.45) is 3.47. The normalized spacial score (nSPS) is 22.0. The lowest BCUT2D eigenvalue weighted by Crippen LogP contribution is -2.06. The average Bonchev–Trinajstić information content (AvgIpc) is 3.01. The van der Waals surface area contributed by atoms with Gasteiger partial charge in [-0.15, -0.1) is 0 Å². The standard InChI is InChI=1S/C15H19FN2OS2/c1-3-21-10-5-4-9(6-10)18-13-8-14(19-2)11(16)7-12(13)17-15(18)20/h7-10H,3-6H2,1-2H3,(H,17,20). The smallest absolute Gasteiger partial charge is 0.178 e. The number of aromatic amines is 1. The molecule has 114 valence electrons. The Bertz CT molecular complexity index is 709. The van der Waals surface area contributed by atoms with Gasteiger partial charge in [0.25, 0.3) is 0 Å². The molecule has 0 aliphatic heterocycles. The molecule has 0 bridgehead atoms. The number of ether oxygens (including phenoxy) is 1. The maximum absolute atomic E-state index is 13.8. The summed E-state index contributed by atoms with van der Waals surface area (Å²) < 4.78 is 21.7. The summed E-state index contributed by atoms with van der Waals surface area (Å²) >= 11 is 7.47. The number of benzene rings is 1. The molecule has 1 aliphatic rings. The predicted octanol–water partition coefficient (Wildman–Crippen LogP) is 4.69. The maximum Gasteiger partial charge on any atom is 0.178 e. The number of halogens is 1. The van der Waals surface area contributed by atoms with E-state index < -0.39 is 0 Å². The molecule has 1 heterocycles. The Hall–Kier alpha value is -1.01. The van der Waals surface area contributed by atoms with Crippen molar-refractivity contribution >= 4 is 35.0 Å². The number of imidazole rings is 1. The minimum Gasteiger partial charge on any atom is -0.494 e. The number of thioether (sulfide) groups is 1. The first kappa shape index (κ1) is 14.9. The van der Waals surface area contributed by atoms with E-state index in [1.165, 1.54) is 19.6 Å². The van der Waals surface area contributed by atoms with E-state index in [9.17, 15) is 4.39 Å². The van der Waals surface area contributed by atoms with E-state index in [-0.39, 0.29) is 11.6 Å². The molecule has 1 aliphatic carbocycles. The van der Waals surface area contributed by atoms with Gasteiger partial charge in [0.2, 0.25) is 0 Å². The fourth-order valence-electron chi connectivity index (χ4n) is 3.18. The highest BCUT2D eigenvalue weighted by atomic mass is 32.2. The molecule has 2 aromatic rings. The summed E-state index contributed by atoms with van der Waals surface area (Å²) in [6.45, 7) is 2.20. The zero-order valence-electron chi connectivity index (χ0n) is 12.2. The largest absolute Gasteiger partial charge is 0.494 e. The molecule has 1 fully saturated rings. The third-order valence-electron chi connectivity index (χ3n) is 4.11. The molecule has 0 amide bonds. The summed E-state index contributed by atoms with van der Waals surface area (Å²) in [6, 6.07) is 3.61. The lowest BCUT2D eigenvalue weighted by Gasteiger charge is -2.14. The Kier molecular flexibility index (Phi) is 4.26. The minimum absolute atomic E-state index is 0.266. The van der Waals surface area contributed by atoms with Crippen molar-refractivity contribution in [2.24, 2.45) is 0 Å². The third kappa shape index (κ3) is 2.71. The Morgan fingerprint density at radius 2 is 2.29 bits per heavy atom. The van der Waals surface area contributed by atoms with Gasteiger partial charge in [0, 0.05) is 23.4 Å². The first-order valence-electron chi connectivity index (χ1n) is 7.23. The molecule has 1 N–H and O–H groups in total. The SMILES string of the molecule is CCSC1CCC(n2c(=S)[nH]c3cc(F)c(OC)cc32)C1. The zero-order chi connectivity index (χ0) is 15.0. The first-order chi connectivity index (χ1) is 10.1. The van der Waals surface area contributed by atoms with Crippen LogP contribution in [0.4, 0.5) is 4.39 Å². The van der Waals surface area contributed by atoms with Gasteiger partial charge in [-0.1, -0.05) is 6.92 Å². The molecule has 6 heteroatoms. The Labute approximate surface area is 132 Å². The van der Waals surface area contributed by atoms with Crippen LogP contribution in [0, 0.1) is 10.6 Å². The van der Waals surface area contributed by atoms with Crippen molar-refractivity contribution in [1.82, 2.24) is 9.55 Å². The van der Waals surface area contributed by atoms with E-state index in [1.54, 1.807) is 6.07 Å². The van der Waals surface area contributed by atoms with Gasteiger partial charge >= 0.3 is 0 Å². The van der Waals surface area contributed by atoms with E-state index in [0.29, 0.717) is 16.1 Å². The number of fused-ring (bicyclic) bond motifs is 1. The van der Waals surface area contributed by atoms with E-state index in [1.807, 2.05) is 11.8 Å². The number of methoxy groups -OCH3 is 1. The number of hydrogen-bond donors (Lipinski definition) is 1. The fraction of sp³-hybridized carbons (Fsp3) is 0.533. The van der Waals surface area contributed by atoms with Gasteiger partial charge in [0.1, 0.15) is 0 Å². The quantitative estimate of drug-likeness (QED) is 0.827. The lowest BCUT2D eigenvalue weighted by molar-refractivity contribution is 0.387. The van der Waals surface area contributed by atoms with Gasteiger partial charge in [0.05, 0.1) is 18.1 Å². The predicted molar refractivity (Wildman–Crippen MR) is 88.4 cm³/mol. The first-order valence-corrected chi connectivity index (χ1v) is 8.69. The van der Waals surface area contributed by atoms with Crippen LogP contribution < -0.4 is 4.74 Å². The summed E-state index contributed by atoms with van der Waals surface area (Å²) in [5, 5.41) is 0.703. The molecule has 2 atom stereocenters. The van der Waals surface area contributed by atoms with Crippen LogP contribution in [0.1, 0.15) is 32.2 Å². The van der Waals surface area contributed by atoms with Crippen LogP contribution in [0.2, 0.25) is 0 Å². The van der Waals surface area contributed by atoms with Crippen molar-refractivity contribution in [2.45, 2.75) is 37.5 Å². The van der Waals surface area contributed by atoms with Crippen LogP contribution in [0.5, 0.6) is 5.75 Å². The van der Waals surface area contributed by atoms with Crippen LogP contribution in [0.3, 0.4) is 0 Å². The van der Waals surface area contributed by atoms with Crippen LogP contribution in [0.25, 0.3) is 11.0 Å². The summed E-state index contributed by atoms with van der Waals surface area (Å²) in [5.41, 5.74) is 1.68. The molecular formula is C15H19FN2OS2. The molecule has 0 radical (unpaired) electrons. The molecule has 1 aromatic carbocycles. The summed E-state index contributed by atoms with van der Waals surface area (Å²) in [7, 11) is 1.49. The van der Waals surface area contributed by atoms with E-state index in [4.69, 9.17) is 17.0 Å². The highest BCUT2D eigenvalue weighted by Crippen LogP contribution is 2.39. The number of rotatable bonds is 4. The third-order valence-corrected chi connectivity index (χ3v) is 5.65. The number of nitrogens with one attached hydrogen (secondary N) is 1. The number of H-pyrrole nitrogens is 1. The van der Waals surface area contributed by atoms with Crippen molar-refractivity contribution in [2.75, 3.05) is 12.9 Å². The van der Waals surface area contributed by atoms with Crippen molar-refractivity contribution < 1.29 is 9.13 Å². The molecule has 1 saturated carbocycles. The molecule has 0 spiro atoms. The summed E-state index contributed by atoms with van der Waals surface area (Å²) in [4.78, 5) is 3.12. The highest BCUT2D eigenvalue weighted by Gasteiger charge is 2.27. The van der Waals surface area contributed by atoms with Crippen LogP contribution in [0.15, 0.2) is 12.1 Å². The van der Waals surface area contributed by atoms with Gasteiger partial charge in [-0.2, -0.15) is 11.8 Å². The van der Waals surface area contributed by atoms with Crippen LogP contribution in [-0.4, -0.2) is 27.7 Å². The van der Waals surface area contributed by atoms with Crippen molar-refractivity contribution in [3.05, 3.63) is 22.7 Å². The highest BCUT2D eigenvalue weighted by molar-refractivity contribution is 7.99.